The SMILES string of the molecule is COC(C(=O)OC[C@@H]1CCC[N+]1(Cc1ccccc1)Cc1cccc2ccccc12)(c1ccccc1)C(F)(F)F.[Br-]. The van der Waals surface area contributed by atoms with Gasteiger partial charge in [-0.3, -0.25) is 0 Å². The Morgan fingerprint density at radius 1 is 0.854 bits per heavy atom. The first-order chi connectivity index (χ1) is 19.3. The zero-order valence-corrected chi connectivity index (χ0v) is 24.4. The maximum absolute atomic E-state index is 14.5. The molecule has 4 aromatic rings. The normalized spacial score (nSPS) is 20.2. The van der Waals surface area contributed by atoms with Gasteiger partial charge in [-0.1, -0.05) is 103 Å². The van der Waals surface area contributed by atoms with Crippen molar-refractivity contribution in [3.63, 3.8) is 0 Å². The number of carbonyl (C=O) groups is 1. The Bertz CT molecular complexity index is 1450. The van der Waals surface area contributed by atoms with Crippen LogP contribution in [0.25, 0.3) is 10.8 Å². The van der Waals surface area contributed by atoms with Crippen LogP contribution in [0, 0.1) is 0 Å². The zero-order valence-electron chi connectivity index (χ0n) is 22.8. The van der Waals surface area contributed by atoms with E-state index in [0.717, 1.165) is 48.4 Å². The van der Waals surface area contributed by atoms with Crippen molar-refractivity contribution in [1.82, 2.24) is 0 Å². The lowest BCUT2D eigenvalue weighted by atomic mass is 9.92. The highest BCUT2D eigenvalue weighted by Crippen LogP contribution is 2.43. The smallest absolute Gasteiger partial charge is 0.432 e. The summed E-state index contributed by atoms with van der Waals surface area (Å²) in [5.74, 6) is -1.44. The van der Waals surface area contributed by atoms with Crippen molar-refractivity contribution in [1.29, 1.82) is 0 Å². The molecule has 2 unspecified atom stereocenters. The molecule has 0 spiro atoms. The molecule has 8 heteroatoms. The fraction of sp³-hybridized carbons (Fsp3) is 0.303. The van der Waals surface area contributed by atoms with Crippen molar-refractivity contribution in [3.05, 3.63) is 120 Å². The maximum atomic E-state index is 14.5. The van der Waals surface area contributed by atoms with Crippen LogP contribution in [0.1, 0.15) is 29.5 Å². The Balaban J connectivity index is 0.00000387. The Hall–Kier alpha value is -3.20. The van der Waals surface area contributed by atoms with E-state index in [0.29, 0.717) is 17.6 Å². The molecule has 0 aromatic heterocycles. The molecule has 5 rings (SSSR count). The molecule has 0 radical (unpaired) electrons. The standard InChI is InChI=1S/C33H33F3NO3.BrH/c1-39-32(33(34,35)36,28-17-6-3-7-18-28)31(38)40-24-29-19-11-21-37(29,22-25-12-4-2-5-13-25)23-27-16-10-15-26-14-8-9-20-30(26)27;/h2-10,12-18,20,29H,11,19,21-24H2,1H3;1H/q+1;/p-1/t29-,32?,37?;/m0./s1. The molecule has 1 heterocycles. The summed E-state index contributed by atoms with van der Waals surface area (Å²) >= 11 is 0. The van der Waals surface area contributed by atoms with Crippen molar-refractivity contribution in [2.75, 3.05) is 20.3 Å². The average Bonchev–Trinajstić information content (AvgIpc) is 3.34. The van der Waals surface area contributed by atoms with E-state index in [1.165, 1.54) is 24.3 Å². The second-order valence-electron chi connectivity index (χ2n) is 10.5. The van der Waals surface area contributed by atoms with E-state index in [9.17, 15) is 18.0 Å². The number of methoxy groups -OCH3 is 1. The van der Waals surface area contributed by atoms with Gasteiger partial charge in [0.15, 0.2) is 0 Å². The van der Waals surface area contributed by atoms with Gasteiger partial charge < -0.3 is 30.9 Å². The predicted octanol–water partition coefficient (Wildman–Crippen LogP) is 4.17. The molecule has 0 amide bonds. The van der Waals surface area contributed by atoms with E-state index in [4.69, 9.17) is 9.47 Å². The molecule has 4 nitrogen and oxygen atoms in total. The van der Waals surface area contributed by atoms with Crippen molar-refractivity contribution in [3.8, 4) is 0 Å². The number of likely N-dealkylation sites (tertiary alicyclic amines) is 1. The Labute approximate surface area is 249 Å². The van der Waals surface area contributed by atoms with Crippen LogP contribution in [0.5, 0.6) is 0 Å². The summed E-state index contributed by atoms with van der Waals surface area (Å²) in [4.78, 5) is 13.3. The number of benzene rings is 4. The second kappa shape index (κ2) is 12.8. The number of quaternary nitrogens is 1. The second-order valence-corrected chi connectivity index (χ2v) is 10.5. The van der Waals surface area contributed by atoms with Crippen LogP contribution < -0.4 is 17.0 Å². The van der Waals surface area contributed by atoms with E-state index < -0.39 is 17.7 Å². The maximum Gasteiger partial charge on any atom is 0.432 e. The van der Waals surface area contributed by atoms with Gasteiger partial charge in [-0.15, -0.1) is 0 Å². The lowest BCUT2D eigenvalue weighted by Gasteiger charge is -2.41. The fourth-order valence-electron chi connectivity index (χ4n) is 6.19. The van der Waals surface area contributed by atoms with E-state index in [1.807, 2.05) is 36.4 Å². The van der Waals surface area contributed by atoms with Crippen LogP contribution in [0.15, 0.2) is 103 Å². The van der Waals surface area contributed by atoms with Crippen LogP contribution >= 0.6 is 0 Å². The summed E-state index contributed by atoms with van der Waals surface area (Å²) in [6, 6.07) is 31.3. The van der Waals surface area contributed by atoms with Gasteiger partial charge in [0.05, 0.1) is 6.54 Å². The third-order valence-electron chi connectivity index (χ3n) is 8.20. The summed E-state index contributed by atoms with van der Waals surface area (Å²) in [7, 11) is 0.896. The van der Waals surface area contributed by atoms with Crippen molar-refractivity contribution >= 4 is 16.7 Å². The first-order valence-electron chi connectivity index (χ1n) is 13.5. The molecular weight excluding hydrogens is 595 g/mol. The Morgan fingerprint density at radius 3 is 2.17 bits per heavy atom. The third kappa shape index (κ3) is 6.05. The minimum Gasteiger partial charge on any atom is -1.00 e. The number of ether oxygens (including phenoxy) is 2. The minimum absolute atomic E-state index is 0. The minimum atomic E-state index is -5.01. The zero-order chi connectivity index (χ0) is 28.2. The lowest BCUT2D eigenvalue weighted by Crippen LogP contribution is -3.00. The first kappa shape index (κ1) is 30.8. The van der Waals surface area contributed by atoms with Gasteiger partial charge in [0.2, 0.25) is 0 Å². The topological polar surface area (TPSA) is 35.5 Å². The molecule has 4 aromatic carbocycles. The number of carbonyl (C=O) groups excluding carboxylic acids is 1. The molecule has 41 heavy (non-hydrogen) atoms. The van der Waals surface area contributed by atoms with Crippen molar-refractivity contribution < 1.29 is 48.9 Å². The highest BCUT2D eigenvalue weighted by atomic mass is 79.9. The lowest BCUT2D eigenvalue weighted by molar-refractivity contribution is -0.964. The van der Waals surface area contributed by atoms with E-state index in [-0.39, 0.29) is 35.2 Å². The van der Waals surface area contributed by atoms with Crippen molar-refractivity contribution in [2.24, 2.45) is 0 Å². The molecule has 1 fully saturated rings. The van der Waals surface area contributed by atoms with Crippen LogP contribution in [0.4, 0.5) is 13.2 Å². The molecule has 0 N–H and O–H groups in total. The number of alkyl halides is 3. The summed E-state index contributed by atoms with van der Waals surface area (Å²) < 4.78 is 54.5. The summed E-state index contributed by atoms with van der Waals surface area (Å²) in [6.07, 6.45) is -3.38. The molecule has 216 valence electrons. The van der Waals surface area contributed by atoms with Gasteiger partial charge in [-0.2, -0.15) is 13.2 Å². The van der Waals surface area contributed by atoms with E-state index in [1.54, 1.807) is 6.07 Å². The number of rotatable bonds is 9. The number of esters is 1. The van der Waals surface area contributed by atoms with E-state index in [2.05, 4.69) is 36.4 Å². The predicted molar refractivity (Wildman–Crippen MR) is 148 cm³/mol. The third-order valence-corrected chi connectivity index (χ3v) is 8.20. The van der Waals surface area contributed by atoms with Crippen molar-refractivity contribution in [2.45, 2.75) is 43.8 Å². The van der Waals surface area contributed by atoms with Gasteiger partial charge in [-0.25, -0.2) is 4.79 Å². The largest absolute Gasteiger partial charge is 1.00 e. The fourth-order valence-corrected chi connectivity index (χ4v) is 6.19. The molecule has 0 aliphatic carbocycles. The van der Waals surface area contributed by atoms with Gasteiger partial charge in [0.1, 0.15) is 25.7 Å². The van der Waals surface area contributed by atoms with Crippen LogP contribution in [0.2, 0.25) is 0 Å². The van der Waals surface area contributed by atoms with Gasteiger partial charge in [0.25, 0.3) is 5.60 Å². The van der Waals surface area contributed by atoms with Crippen LogP contribution in [-0.4, -0.2) is 42.9 Å². The highest BCUT2D eigenvalue weighted by molar-refractivity contribution is 5.85. The number of nitrogens with zero attached hydrogens (tertiary/aromatic N) is 1. The monoisotopic (exact) mass is 627 g/mol. The summed E-state index contributed by atoms with van der Waals surface area (Å²) in [6.45, 7) is 2.05. The summed E-state index contributed by atoms with van der Waals surface area (Å²) in [5.41, 5.74) is -1.20. The summed E-state index contributed by atoms with van der Waals surface area (Å²) in [5, 5.41) is 2.29. The molecular formula is C33H33BrF3NO3. The van der Waals surface area contributed by atoms with Crippen LogP contribution in [0.3, 0.4) is 0 Å². The van der Waals surface area contributed by atoms with Crippen LogP contribution in [-0.2, 0) is 33.0 Å². The number of hydrogen-bond acceptors (Lipinski definition) is 3. The molecule has 0 bridgehead atoms. The van der Waals surface area contributed by atoms with Gasteiger partial charge in [0, 0.05) is 36.6 Å². The number of fused-ring (bicyclic) bond motifs is 1. The molecule has 1 saturated heterocycles. The Kier molecular flexibility index (Phi) is 9.57. The number of hydrogen-bond donors (Lipinski definition) is 0. The van der Waals surface area contributed by atoms with E-state index >= 15 is 0 Å². The molecule has 0 saturated carbocycles. The molecule has 3 atom stereocenters. The van der Waals surface area contributed by atoms with Gasteiger partial charge >= 0.3 is 12.1 Å². The average molecular weight is 629 g/mol. The van der Waals surface area contributed by atoms with Gasteiger partial charge in [-0.05, 0) is 10.8 Å². The Morgan fingerprint density at radius 2 is 1.49 bits per heavy atom. The molecule has 1 aliphatic rings. The quantitative estimate of drug-likeness (QED) is 0.206. The number of halogens is 4. The highest BCUT2D eigenvalue weighted by Gasteiger charge is 2.64. The molecule has 1 aliphatic heterocycles. The first-order valence-corrected chi connectivity index (χ1v) is 13.5.